The Kier molecular flexibility index (Phi) is 3.00. The van der Waals surface area contributed by atoms with Gasteiger partial charge in [0, 0.05) is 33.5 Å². The largest absolute Gasteiger partial charge is 0.455 e. The van der Waals surface area contributed by atoms with Gasteiger partial charge in [-0.1, -0.05) is 54.6 Å². The molecule has 3 heteroatoms. The van der Waals surface area contributed by atoms with Crippen LogP contribution in [0.15, 0.2) is 82.7 Å². The smallest absolute Gasteiger partial charge is 0.143 e. The van der Waals surface area contributed by atoms with Gasteiger partial charge in [-0.3, -0.25) is 0 Å². The van der Waals surface area contributed by atoms with Crippen LogP contribution in [0.3, 0.4) is 0 Å². The Bertz CT molecular complexity index is 1160. The zero-order valence-corrected chi connectivity index (χ0v) is 13.6. The molecule has 0 radical (unpaired) electrons. The van der Waals surface area contributed by atoms with Crippen molar-refractivity contribution in [3.05, 3.63) is 78.3 Å². The minimum Gasteiger partial charge on any atom is -0.455 e. The Labute approximate surface area is 143 Å². The minimum atomic E-state index is 0.927. The molecule has 5 aromatic rings. The summed E-state index contributed by atoms with van der Waals surface area (Å²) in [7, 11) is 0. The Morgan fingerprint density at radius 3 is 2.54 bits per heavy atom. The number of hydrogen-bond acceptors (Lipinski definition) is 3. The first-order chi connectivity index (χ1) is 11.9. The molecule has 0 unspecified atom stereocenters. The van der Waals surface area contributed by atoms with Gasteiger partial charge < -0.3 is 4.42 Å². The molecule has 0 amide bonds. The summed E-state index contributed by atoms with van der Waals surface area (Å²) in [6.45, 7) is 0. The van der Waals surface area contributed by atoms with Gasteiger partial charge >= 0.3 is 0 Å². The summed E-state index contributed by atoms with van der Waals surface area (Å²) >= 11 is 1.65. The Balaban J connectivity index is 1.76. The molecule has 3 aromatic carbocycles. The van der Waals surface area contributed by atoms with Crippen LogP contribution >= 0.6 is 11.3 Å². The Morgan fingerprint density at radius 1 is 0.792 bits per heavy atom. The van der Waals surface area contributed by atoms with Crippen LogP contribution in [0.1, 0.15) is 0 Å². The second kappa shape index (κ2) is 5.32. The molecule has 0 saturated heterocycles. The van der Waals surface area contributed by atoms with Crippen molar-refractivity contribution >= 4 is 33.3 Å². The molecular weight excluding hydrogens is 314 g/mol. The molecule has 0 aliphatic carbocycles. The number of aromatic nitrogens is 1. The van der Waals surface area contributed by atoms with E-state index >= 15 is 0 Å². The van der Waals surface area contributed by atoms with E-state index < -0.39 is 0 Å². The standard InChI is InChI=1S/C21H13NOS/c1-2-10-19-17(7-1)18-9-4-8-16(20(18)23-19)14-5-3-6-15(13-14)21-22-11-12-24-21/h1-13H. The van der Waals surface area contributed by atoms with Crippen LogP contribution in [0.25, 0.3) is 43.6 Å². The van der Waals surface area contributed by atoms with Crippen LogP contribution in [0.5, 0.6) is 0 Å². The maximum absolute atomic E-state index is 6.16. The summed E-state index contributed by atoms with van der Waals surface area (Å²) in [5, 5.41) is 5.35. The summed E-state index contributed by atoms with van der Waals surface area (Å²) in [4.78, 5) is 4.41. The van der Waals surface area contributed by atoms with E-state index in [2.05, 4.69) is 53.5 Å². The van der Waals surface area contributed by atoms with E-state index in [0.29, 0.717) is 0 Å². The second-order valence-electron chi connectivity index (χ2n) is 5.70. The van der Waals surface area contributed by atoms with Crippen LogP contribution < -0.4 is 0 Å². The first-order valence-electron chi connectivity index (χ1n) is 7.81. The Morgan fingerprint density at radius 2 is 1.62 bits per heavy atom. The van der Waals surface area contributed by atoms with Gasteiger partial charge in [0.25, 0.3) is 0 Å². The maximum atomic E-state index is 6.16. The highest BCUT2D eigenvalue weighted by atomic mass is 32.1. The minimum absolute atomic E-state index is 0.927. The SMILES string of the molecule is c1cc(-c2nccs2)cc(-c2cccc3c2oc2ccccc23)c1. The van der Waals surface area contributed by atoms with Crippen molar-refractivity contribution in [2.24, 2.45) is 0 Å². The van der Waals surface area contributed by atoms with Gasteiger partial charge in [0.05, 0.1) is 0 Å². The fourth-order valence-corrected chi connectivity index (χ4v) is 3.80. The fraction of sp³-hybridized carbons (Fsp3) is 0. The predicted octanol–water partition coefficient (Wildman–Crippen LogP) is 6.38. The van der Waals surface area contributed by atoms with Crippen LogP contribution in [-0.2, 0) is 0 Å². The molecule has 0 fully saturated rings. The van der Waals surface area contributed by atoms with Gasteiger partial charge in [0.2, 0.25) is 0 Å². The van der Waals surface area contributed by atoms with Crippen molar-refractivity contribution in [2.45, 2.75) is 0 Å². The highest BCUT2D eigenvalue weighted by molar-refractivity contribution is 7.13. The molecule has 5 rings (SSSR count). The molecule has 2 nitrogen and oxygen atoms in total. The third kappa shape index (κ3) is 2.06. The second-order valence-corrected chi connectivity index (χ2v) is 6.59. The topological polar surface area (TPSA) is 26.0 Å². The molecule has 24 heavy (non-hydrogen) atoms. The van der Waals surface area contributed by atoms with E-state index in [0.717, 1.165) is 43.6 Å². The Hall–Kier alpha value is -2.91. The van der Waals surface area contributed by atoms with E-state index in [9.17, 15) is 0 Å². The van der Waals surface area contributed by atoms with Crippen LogP contribution in [0, 0.1) is 0 Å². The van der Waals surface area contributed by atoms with Crippen molar-refractivity contribution in [3.8, 4) is 21.7 Å². The summed E-state index contributed by atoms with van der Waals surface area (Å²) < 4.78 is 6.16. The zero-order chi connectivity index (χ0) is 15.9. The first kappa shape index (κ1) is 13.5. The number of hydrogen-bond donors (Lipinski definition) is 0. The number of furan rings is 1. The number of benzene rings is 3. The molecule has 2 aromatic heterocycles. The van der Waals surface area contributed by atoms with Crippen molar-refractivity contribution < 1.29 is 4.42 Å². The third-order valence-electron chi connectivity index (χ3n) is 4.26. The zero-order valence-electron chi connectivity index (χ0n) is 12.8. The number of nitrogens with zero attached hydrogens (tertiary/aromatic N) is 1. The first-order valence-corrected chi connectivity index (χ1v) is 8.69. The molecule has 0 N–H and O–H groups in total. The lowest BCUT2D eigenvalue weighted by atomic mass is 10.0. The molecular formula is C21H13NOS. The monoisotopic (exact) mass is 327 g/mol. The normalized spacial score (nSPS) is 11.3. The lowest BCUT2D eigenvalue weighted by Gasteiger charge is -2.05. The van der Waals surface area contributed by atoms with Crippen molar-refractivity contribution in [1.82, 2.24) is 4.98 Å². The average molecular weight is 327 g/mol. The average Bonchev–Trinajstić information content (AvgIpc) is 3.29. The highest BCUT2D eigenvalue weighted by Gasteiger charge is 2.12. The quantitative estimate of drug-likeness (QED) is 0.376. The molecule has 0 bridgehead atoms. The van der Waals surface area contributed by atoms with E-state index in [-0.39, 0.29) is 0 Å². The van der Waals surface area contributed by atoms with E-state index in [1.54, 1.807) is 11.3 Å². The predicted molar refractivity (Wildman–Crippen MR) is 100 cm³/mol. The van der Waals surface area contributed by atoms with E-state index in [4.69, 9.17) is 4.42 Å². The molecule has 0 spiro atoms. The van der Waals surface area contributed by atoms with Crippen molar-refractivity contribution in [3.63, 3.8) is 0 Å². The van der Waals surface area contributed by atoms with E-state index in [1.165, 1.54) is 0 Å². The lowest BCUT2D eigenvalue weighted by Crippen LogP contribution is -1.81. The number of para-hydroxylation sites is 2. The highest BCUT2D eigenvalue weighted by Crippen LogP contribution is 2.36. The summed E-state index contributed by atoms with van der Waals surface area (Å²) in [5.74, 6) is 0. The van der Waals surface area contributed by atoms with Crippen molar-refractivity contribution in [2.75, 3.05) is 0 Å². The molecule has 114 valence electrons. The number of fused-ring (bicyclic) bond motifs is 3. The summed E-state index contributed by atoms with van der Waals surface area (Å²) in [5.41, 5.74) is 5.26. The molecule has 0 saturated carbocycles. The van der Waals surface area contributed by atoms with Gasteiger partial charge in [-0.15, -0.1) is 11.3 Å². The van der Waals surface area contributed by atoms with Gasteiger partial charge in [0.15, 0.2) is 0 Å². The molecule has 0 aliphatic rings. The maximum Gasteiger partial charge on any atom is 0.143 e. The number of rotatable bonds is 2. The van der Waals surface area contributed by atoms with Crippen molar-refractivity contribution in [1.29, 1.82) is 0 Å². The van der Waals surface area contributed by atoms with Gasteiger partial charge in [-0.2, -0.15) is 0 Å². The van der Waals surface area contributed by atoms with E-state index in [1.807, 2.05) is 29.8 Å². The summed E-state index contributed by atoms with van der Waals surface area (Å²) in [6.07, 6.45) is 1.84. The molecule has 0 atom stereocenters. The fourth-order valence-electron chi connectivity index (χ4n) is 3.16. The van der Waals surface area contributed by atoms with Gasteiger partial charge in [-0.25, -0.2) is 4.98 Å². The third-order valence-corrected chi connectivity index (χ3v) is 5.08. The van der Waals surface area contributed by atoms with Crippen LogP contribution in [-0.4, -0.2) is 4.98 Å². The molecule has 0 aliphatic heterocycles. The lowest BCUT2D eigenvalue weighted by molar-refractivity contribution is 0.670. The number of thiazole rings is 1. The summed E-state index contributed by atoms with van der Waals surface area (Å²) in [6, 6.07) is 23.0. The van der Waals surface area contributed by atoms with Crippen LogP contribution in [0.4, 0.5) is 0 Å². The van der Waals surface area contributed by atoms with Crippen LogP contribution in [0.2, 0.25) is 0 Å². The molecule has 2 heterocycles. The van der Waals surface area contributed by atoms with Gasteiger partial charge in [0.1, 0.15) is 16.2 Å². The van der Waals surface area contributed by atoms with Gasteiger partial charge in [-0.05, 0) is 17.7 Å².